The lowest BCUT2D eigenvalue weighted by Crippen LogP contribution is -2.32. The Hall–Kier alpha value is -1.03. The molecule has 0 aromatic heterocycles. The third kappa shape index (κ3) is 5.03. The van der Waals surface area contributed by atoms with Crippen molar-refractivity contribution in [3.8, 4) is 0 Å². The smallest absolute Gasteiger partial charge is 0.314 e. The molecule has 118 valence electrons. The van der Waals surface area contributed by atoms with Gasteiger partial charge in [0.2, 0.25) is 0 Å². The van der Waals surface area contributed by atoms with Crippen LogP contribution in [0.5, 0.6) is 0 Å². The van der Waals surface area contributed by atoms with E-state index in [4.69, 9.17) is 0 Å². The second kappa shape index (κ2) is 7.30. The summed E-state index contributed by atoms with van der Waals surface area (Å²) in [7, 11) is 0. The largest absolute Gasteiger partial charge is 0.389 e. The van der Waals surface area contributed by atoms with Crippen LogP contribution < -0.4 is 5.32 Å². The minimum Gasteiger partial charge on any atom is -0.314 e. The van der Waals surface area contributed by atoms with Gasteiger partial charge in [0.15, 0.2) is 0 Å². The molecule has 2 rings (SSSR count). The highest BCUT2D eigenvalue weighted by atomic mass is 19.4. The van der Waals surface area contributed by atoms with Gasteiger partial charge < -0.3 is 5.32 Å². The van der Waals surface area contributed by atoms with E-state index in [9.17, 15) is 13.2 Å². The molecule has 1 N–H and O–H groups in total. The van der Waals surface area contributed by atoms with Crippen molar-refractivity contribution >= 4 is 0 Å². The first-order valence-electron chi connectivity index (χ1n) is 7.87. The number of hydrogen-bond donors (Lipinski definition) is 1. The van der Waals surface area contributed by atoms with Gasteiger partial charge in [-0.3, -0.25) is 0 Å². The van der Waals surface area contributed by atoms with Crippen molar-refractivity contribution in [1.82, 2.24) is 5.32 Å². The molecule has 0 fully saturated rings. The molecule has 0 bridgehead atoms. The number of nitrogens with one attached hydrogen (secondary N) is 1. The van der Waals surface area contributed by atoms with E-state index >= 15 is 0 Å². The van der Waals surface area contributed by atoms with Crippen molar-refractivity contribution in [2.75, 3.05) is 6.54 Å². The second-order valence-corrected chi connectivity index (χ2v) is 5.93. The molecular weight excluding hydrogens is 275 g/mol. The summed E-state index contributed by atoms with van der Waals surface area (Å²) in [4.78, 5) is 0. The average Bonchev–Trinajstić information content (AvgIpc) is 2.44. The normalized spacial score (nSPS) is 20.1. The molecule has 1 aromatic carbocycles. The highest BCUT2D eigenvalue weighted by Gasteiger charge is 2.29. The lowest BCUT2D eigenvalue weighted by molar-refractivity contribution is -0.136. The lowest BCUT2D eigenvalue weighted by Gasteiger charge is -2.29. The second-order valence-electron chi connectivity index (χ2n) is 5.93. The van der Waals surface area contributed by atoms with E-state index in [2.05, 4.69) is 17.4 Å². The molecular formula is C17H24F3N. The van der Waals surface area contributed by atoms with Gasteiger partial charge in [-0.2, -0.15) is 13.2 Å². The SMILES string of the molecule is CCNC(CCC(F)(F)F)CC1CCCc2ccccc21. The molecule has 2 atom stereocenters. The number of fused-ring (bicyclic) bond motifs is 1. The molecule has 2 unspecified atom stereocenters. The van der Waals surface area contributed by atoms with Crippen LogP contribution in [0.15, 0.2) is 24.3 Å². The topological polar surface area (TPSA) is 12.0 Å². The van der Waals surface area contributed by atoms with E-state index in [1.165, 1.54) is 11.1 Å². The number of halogens is 3. The van der Waals surface area contributed by atoms with Gasteiger partial charge in [0.1, 0.15) is 0 Å². The van der Waals surface area contributed by atoms with Crippen molar-refractivity contribution in [3.05, 3.63) is 35.4 Å². The van der Waals surface area contributed by atoms with Gasteiger partial charge in [0.05, 0.1) is 0 Å². The quantitative estimate of drug-likeness (QED) is 0.794. The van der Waals surface area contributed by atoms with Crippen LogP contribution >= 0.6 is 0 Å². The van der Waals surface area contributed by atoms with Gasteiger partial charge in [-0.15, -0.1) is 0 Å². The molecule has 0 saturated carbocycles. The van der Waals surface area contributed by atoms with Gasteiger partial charge >= 0.3 is 6.18 Å². The molecule has 0 heterocycles. The molecule has 21 heavy (non-hydrogen) atoms. The van der Waals surface area contributed by atoms with Crippen LogP contribution in [0.25, 0.3) is 0 Å². The third-order valence-electron chi connectivity index (χ3n) is 4.33. The van der Waals surface area contributed by atoms with Gasteiger partial charge in [-0.05, 0) is 55.7 Å². The van der Waals surface area contributed by atoms with Gasteiger partial charge in [0.25, 0.3) is 0 Å². The van der Waals surface area contributed by atoms with Crippen molar-refractivity contribution in [2.24, 2.45) is 0 Å². The van der Waals surface area contributed by atoms with E-state index in [-0.39, 0.29) is 12.5 Å². The summed E-state index contributed by atoms with van der Waals surface area (Å²) < 4.78 is 37.3. The van der Waals surface area contributed by atoms with Crippen LogP contribution in [0.1, 0.15) is 56.1 Å². The van der Waals surface area contributed by atoms with Crippen molar-refractivity contribution in [3.63, 3.8) is 0 Å². The molecule has 1 nitrogen and oxygen atoms in total. The Kier molecular flexibility index (Phi) is 5.68. The van der Waals surface area contributed by atoms with Crippen LogP contribution in [0.3, 0.4) is 0 Å². The summed E-state index contributed by atoms with van der Waals surface area (Å²) in [6, 6.07) is 8.33. The van der Waals surface area contributed by atoms with Crippen LogP contribution in [0.2, 0.25) is 0 Å². The number of alkyl halides is 3. The molecule has 0 radical (unpaired) electrons. The highest BCUT2D eigenvalue weighted by molar-refractivity contribution is 5.32. The zero-order chi connectivity index (χ0) is 15.3. The minimum atomic E-state index is -4.06. The minimum absolute atomic E-state index is 0.0484. The number of benzene rings is 1. The van der Waals surface area contributed by atoms with Gasteiger partial charge in [0, 0.05) is 12.5 Å². The first-order chi connectivity index (χ1) is 9.99. The van der Waals surface area contributed by atoms with E-state index in [0.29, 0.717) is 5.92 Å². The number of rotatable bonds is 6. The zero-order valence-electron chi connectivity index (χ0n) is 12.5. The van der Waals surface area contributed by atoms with E-state index < -0.39 is 12.6 Å². The van der Waals surface area contributed by atoms with E-state index in [0.717, 1.165) is 32.2 Å². The predicted octanol–water partition coefficient (Wildman–Crippen LogP) is 4.82. The number of hydrogen-bond acceptors (Lipinski definition) is 1. The zero-order valence-corrected chi connectivity index (χ0v) is 12.5. The number of aryl methyl sites for hydroxylation is 1. The fraction of sp³-hybridized carbons (Fsp3) is 0.647. The van der Waals surface area contributed by atoms with Crippen molar-refractivity contribution in [1.29, 1.82) is 0 Å². The Morgan fingerprint density at radius 3 is 2.76 bits per heavy atom. The van der Waals surface area contributed by atoms with Gasteiger partial charge in [-0.1, -0.05) is 31.2 Å². The molecule has 1 aliphatic carbocycles. The average molecular weight is 299 g/mol. The Morgan fingerprint density at radius 1 is 1.29 bits per heavy atom. The maximum atomic E-state index is 12.4. The summed E-state index contributed by atoms with van der Waals surface area (Å²) in [6.45, 7) is 2.67. The van der Waals surface area contributed by atoms with Crippen LogP contribution in [-0.4, -0.2) is 18.8 Å². The molecule has 0 aliphatic heterocycles. The Bertz CT molecular complexity index is 442. The molecule has 1 aliphatic rings. The first kappa shape index (κ1) is 16.3. The molecule has 4 heteroatoms. The fourth-order valence-corrected chi connectivity index (χ4v) is 3.37. The summed E-state index contributed by atoms with van der Waals surface area (Å²) >= 11 is 0. The Morgan fingerprint density at radius 2 is 2.05 bits per heavy atom. The van der Waals surface area contributed by atoms with Crippen molar-refractivity contribution < 1.29 is 13.2 Å². The summed E-state index contributed by atoms with van der Waals surface area (Å²) in [5, 5.41) is 3.23. The maximum absolute atomic E-state index is 12.4. The van der Waals surface area contributed by atoms with E-state index in [1.807, 2.05) is 19.1 Å². The van der Waals surface area contributed by atoms with Gasteiger partial charge in [-0.25, -0.2) is 0 Å². The molecule has 0 saturated heterocycles. The summed E-state index contributed by atoms with van der Waals surface area (Å²) in [6.07, 6.45) is -0.445. The molecule has 0 spiro atoms. The first-order valence-corrected chi connectivity index (χ1v) is 7.87. The predicted molar refractivity (Wildman–Crippen MR) is 79.5 cm³/mol. The highest BCUT2D eigenvalue weighted by Crippen LogP contribution is 2.35. The molecule has 1 aromatic rings. The Labute approximate surface area is 124 Å². The fourth-order valence-electron chi connectivity index (χ4n) is 3.37. The van der Waals surface area contributed by atoms with Crippen LogP contribution in [0.4, 0.5) is 13.2 Å². The van der Waals surface area contributed by atoms with E-state index in [1.54, 1.807) is 0 Å². The summed E-state index contributed by atoms with van der Waals surface area (Å²) in [5.41, 5.74) is 2.72. The molecule has 0 amide bonds. The summed E-state index contributed by atoms with van der Waals surface area (Å²) in [5.74, 6) is 0.396. The van der Waals surface area contributed by atoms with Crippen molar-refractivity contribution in [2.45, 2.75) is 63.6 Å². The maximum Gasteiger partial charge on any atom is 0.389 e. The Balaban J connectivity index is 2.00. The standard InChI is InChI=1S/C17H24F3N/c1-2-21-15(10-11-17(18,19)20)12-14-8-5-7-13-6-3-4-9-16(13)14/h3-4,6,9,14-15,21H,2,5,7-8,10-12H2,1H3. The monoisotopic (exact) mass is 299 g/mol. The van der Waals surface area contributed by atoms with Crippen LogP contribution in [-0.2, 0) is 6.42 Å². The lowest BCUT2D eigenvalue weighted by atomic mass is 9.79. The van der Waals surface area contributed by atoms with Crippen LogP contribution in [0, 0.1) is 0 Å². The third-order valence-corrected chi connectivity index (χ3v) is 4.33.